The molecule has 0 radical (unpaired) electrons. The van der Waals surface area contributed by atoms with Crippen molar-refractivity contribution >= 4 is 62.5 Å². The number of amides is 2. The van der Waals surface area contributed by atoms with Gasteiger partial charge in [-0.1, -0.05) is 39.7 Å². The van der Waals surface area contributed by atoms with Crippen LogP contribution in [0.2, 0.25) is 5.02 Å². The van der Waals surface area contributed by atoms with Crippen molar-refractivity contribution in [2.24, 2.45) is 0 Å². The number of thioether (sulfide) groups is 1. The van der Waals surface area contributed by atoms with Crippen LogP contribution in [0.5, 0.6) is 11.5 Å². The number of ether oxygens (including phenoxy) is 3. The number of carbonyl (C=O) groups excluding carboxylic acids is 3. The molecular formula is C22H19BrClNO6S. The Balaban J connectivity index is 1.78. The monoisotopic (exact) mass is 539 g/mol. The summed E-state index contributed by atoms with van der Waals surface area (Å²) in [7, 11) is 1.48. The molecule has 168 valence electrons. The third-order valence-corrected chi connectivity index (χ3v) is 6.03. The fraction of sp³-hybridized carbons (Fsp3) is 0.227. The quantitative estimate of drug-likeness (QED) is 0.332. The Labute approximate surface area is 202 Å². The van der Waals surface area contributed by atoms with E-state index in [1.54, 1.807) is 19.1 Å². The fourth-order valence-corrected chi connectivity index (χ4v) is 4.20. The lowest BCUT2D eigenvalue weighted by Crippen LogP contribution is -2.34. The van der Waals surface area contributed by atoms with Crippen molar-refractivity contribution in [3.8, 4) is 11.5 Å². The molecule has 0 aromatic heterocycles. The van der Waals surface area contributed by atoms with E-state index >= 15 is 0 Å². The van der Waals surface area contributed by atoms with Gasteiger partial charge in [-0.25, -0.2) is 0 Å². The standard InChI is InChI=1S/C22H19BrClNO6S/c1-3-30-19(26)11-25-21(27)18(32-22(25)28)10-14-8-16(24)20(17(9-14)29-2)31-12-13-4-6-15(23)7-5-13/h4-10H,3,11-12H2,1-2H3/b18-10-. The van der Waals surface area contributed by atoms with Crippen molar-refractivity contribution in [3.05, 3.63) is 61.9 Å². The highest BCUT2D eigenvalue weighted by atomic mass is 79.9. The molecular weight excluding hydrogens is 522 g/mol. The molecule has 0 spiro atoms. The molecule has 1 heterocycles. The van der Waals surface area contributed by atoms with Crippen molar-refractivity contribution in [1.82, 2.24) is 4.90 Å². The Morgan fingerprint density at radius 1 is 1.22 bits per heavy atom. The number of esters is 1. The van der Waals surface area contributed by atoms with Crippen LogP contribution in [-0.2, 0) is 20.9 Å². The van der Waals surface area contributed by atoms with Crippen LogP contribution in [0.25, 0.3) is 6.08 Å². The van der Waals surface area contributed by atoms with Crippen molar-refractivity contribution in [2.75, 3.05) is 20.3 Å². The summed E-state index contributed by atoms with van der Waals surface area (Å²) in [5.41, 5.74) is 1.50. The first-order valence-electron chi connectivity index (χ1n) is 9.48. The summed E-state index contributed by atoms with van der Waals surface area (Å²) < 4.78 is 17.0. The molecule has 2 aromatic rings. The van der Waals surface area contributed by atoms with Gasteiger partial charge in [-0.15, -0.1) is 0 Å². The number of nitrogens with zero attached hydrogens (tertiary/aromatic N) is 1. The van der Waals surface area contributed by atoms with Gasteiger partial charge in [0.15, 0.2) is 11.5 Å². The minimum atomic E-state index is -0.645. The predicted octanol–water partition coefficient (Wildman–Crippen LogP) is 5.29. The Hall–Kier alpha value is -2.49. The highest BCUT2D eigenvalue weighted by molar-refractivity contribution is 9.10. The van der Waals surface area contributed by atoms with Gasteiger partial charge in [0, 0.05) is 4.47 Å². The Bertz CT molecular complexity index is 1070. The number of carbonyl (C=O) groups is 3. The molecule has 0 aliphatic carbocycles. The van der Waals surface area contributed by atoms with Gasteiger partial charge in [-0.2, -0.15) is 0 Å². The van der Waals surface area contributed by atoms with E-state index in [1.165, 1.54) is 13.2 Å². The predicted molar refractivity (Wildman–Crippen MR) is 126 cm³/mol. The van der Waals surface area contributed by atoms with E-state index in [4.69, 9.17) is 25.8 Å². The largest absolute Gasteiger partial charge is 0.493 e. The van der Waals surface area contributed by atoms with Crippen LogP contribution in [0.1, 0.15) is 18.1 Å². The van der Waals surface area contributed by atoms with Crippen molar-refractivity contribution in [2.45, 2.75) is 13.5 Å². The van der Waals surface area contributed by atoms with E-state index in [-0.39, 0.29) is 18.1 Å². The van der Waals surface area contributed by atoms with Gasteiger partial charge in [-0.05, 0) is 60.2 Å². The number of benzene rings is 2. The number of hydrogen-bond acceptors (Lipinski definition) is 7. The van der Waals surface area contributed by atoms with Crippen molar-refractivity contribution in [1.29, 1.82) is 0 Å². The van der Waals surface area contributed by atoms with Crippen LogP contribution < -0.4 is 9.47 Å². The van der Waals surface area contributed by atoms with Crippen molar-refractivity contribution < 1.29 is 28.6 Å². The molecule has 3 rings (SSSR count). The lowest BCUT2D eigenvalue weighted by molar-refractivity contribution is -0.145. The second-order valence-corrected chi connectivity index (χ2v) is 8.84. The summed E-state index contributed by atoms with van der Waals surface area (Å²) in [6.07, 6.45) is 1.52. The minimum absolute atomic E-state index is 0.166. The summed E-state index contributed by atoms with van der Waals surface area (Å²) in [5, 5.41) is -0.250. The van der Waals surface area contributed by atoms with Gasteiger partial charge >= 0.3 is 5.97 Å². The van der Waals surface area contributed by atoms with Gasteiger partial charge in [0.2, 0.25) is 0 Å². The molecule has 0 N–H and O–H groups in total. The Morgan fingerprint density at radius 2 is 1.94 bits per heavy atom. The molecule has 1 fully saturated rings. The third-order valence-electron chi connectivity index (χ3n) is 4.31. The molecule has 1 aliphatic heterocycles. The van der Waals surface area contributed by atoms with Crippen LogP contribution in [0.15, 0.2) is 45.8 Å². The average Bonchev–Trinajstić information content (AvgIpc) is 3.01. The maximum Gasteiger partial charge on any atom is 0.326 e. The lowest BCUT2D eigenvalue weighted by Gasteiger charge is -2.14. The smallest absolute Gasteiger partial charge is 0.326 e. The zero-order valence-electron chi connectivity index (χ0n) is 17.2. The molecule has 1 aliphatic rings. The van der Waals surface area contributed by atoms with E-state index in [1.807, 2.05) is 24.3 Å². The zero-order valence-corrected chi connectivity index (χ0v) is 20.4. The van der Waals surface area contributed by atoms with E-state index < -0.39 is 23.7 Å². The van der Waals surface area contributed by atoms with Gasteiger partial charge in [0.25, 0.3) is 11.1 Å². The molecule has 0 atom stereocenters. The highest BCUT2D eigenvalue weighted by Gasteiger charge is 2.36. The molecule has 10 heteroatoms. The number of rotatable bonds is 8. The first-order chi connectivity index (χ1) is 15.3. The zero-order chi connectivity index (χ0) is 23.3. The first-order valence-corrected chi connectivity index (χ1v) is 11.5. The average molecular weight is 541 g/mol. The summed E-state index contributed by atoms with van der Waals surface area (Å²) >= 11 is 10.5. The SMILES string of the molecule is CCOC(=O)CN1C(=O)S/C(=C\c2cc(Cl)c(OCc3ccc(Br)cc3)c(OC)c2)C1=O. The molecule has 7 nitrogen and oxygen atoms in total. The van der Waals surface area contributed by atoms with Gasteiger partial charge in [-0.3, -0.25) is 19.3 Å². The number of imide groups is 1. The van der Waals surface area contributed by atoms with Crippen molar-refractivity contribution in [3.63, 3.8) is 0 Å². The maximum atomic E-state index is 12.6. The summed E-state index contributed by atoms with van der Waals surface area (Å²) in [6, 6.07) is 10.9. The van der Waals surface area contributed by atoms with E-state index in [9.17, 15) is 14.4 Å². The highest BCUT2D eigenvalue weighted by Crippen LogP contribution is 2.39. The molecule has 2 aromatic carbocycles. The second kappa shape index (κ2) is 10.9. The van der Waals surface area contributed by atoms with Crippen LogP contribution in [0.4, 0.5) is 4.79 Å². The van der Waals surface area contributed by atoms with Gasteiger partial charge in [0.1, 0.15) is 13.2 Å². The lowest BCUT2D eigenvalue weighted by atomic mass is 10.1. The molecule has 1 saturated heterocycles. The Kier molecular flexibility index (Phi) is 8.22. The summed E-state index contributed by atoms with van der Waals surface area (Å²) in [4.78, 5) is 37.4. The van der Waals surface area contributed by atoms with E-state index in [0.717, 1.165) is 26.7 Å². The topological polar surface area (TPSA) is 82.1 Å². The van der Waals surface area contributed by atoms with Gasteiger partial charge < -0.3 is 14.2 Å². The molecule has 32 heavy (non-hydrogen) atoms. The fourth-order valence-electron chi connectivity index (χ4n) is 2.82. The normalized spacial score (nSPS) is 14.8. The molecule has 0 bridgehead atoms. The number of methoxy groups -OCH3 is 1. The molecule has 0 saturated carbocycles. The minimum Gasteiger partial charge on any atom is -0.493 e. The van der Waals surface area contributed by atoms with E-state index in [0.29, 0.717) is 22.1 Å². The molecule has 2 amide bonds. The second-order valence-electron chi connectivity index (χ2n) is 6.52. The summed E-state index contributed by atoms with van der Waals surface area (Å²) in [5.74, 6) is -0.469. The third kappa shape index (κ3) is 5.85. The maximum absolute atomic E-state index is 12.6. The first kappa shape index (κ1) is 24.2. The number of hydrogen-bond donors (Lipinski definition) is 0. The van der Waals surface area contributed by atoms with Crippen LogP contribution in [0.3, 0.4) is 0 Å². The summed E-state index contributed by atoms with van der Waals surface area (Å²) in [6.45, 7) is 1.67. The Morgan fingerprint density at radius 3 is 2.59 bits per heavy atom. The van der Waals surface area contributed by atoms with Crippen LogP contribution >= 0.6 is 39.3 Å². The van der Waals surface area contributed by atoms with Crippen LogP contribution in [-0.4, -0.2) is 42.3 Å². The molecule has 0 unspecified atom stereocenters. The number of halogens is 2. The van der Waals surface area contributed by atoms with Gasteiger partial charge in [0.05, 0.1) is 23.6 Å². The van der Waals surface area contributed by atoms with Crippen LogP contribution in [0, 0.1) is 0 Å². The van der Waals surface area contributed by atoms with E-state index in [2.05, 4.69) is 15.9 Å².